The number of hydrogen-bond acceptors (Lipinski definition) is 2. The summed E-state index contributed by atoms with van der Waals surface area (Å²) in [6, 6.07) is 7.00. The van der Waals surface area contributed by atoms with Crippen LogP contribution in [0.2, 0.25) is 0 Å². The Bertz CT molecular complexity index is 557. The highest BCUT2D eigenvalue weighted by molar-refractivity contribution is 5.84. The third-order valence-corrected chi connectivity index (χ3v) is 2.70. The van der Waals surface area contributed by atoms with Crippen LogP contribution in [0.3, 0.4) is 0 Å². The summed E-state index contributed by atoms with van der Waals surface area (Å²) in [5.41, 5.74) is 1.60. The molecular weight excluding hydrogens is 202 g/mol. The van der Waals surface area contributed by atoms with Gasteiger partial charge in [0.05, 0.1) is 5.52 Å². The molecule has 3 nitrogen and oxygen atoms in total. The molecule has 0 saturated carbocycles. The van der Waals surface area contributed by atoms with Gasteiger partial charge in [-0.1, -0.05) is 19.4 Å². The molecule has 2 aromatic rings. The van der Waals surface area contributed by atoms with Crippen LogP contribution in [0.1, 0.15) is 25.3 Å². The fourth-order valence-electron chi connectivity index (χ4n) is 1.82. The number of aromatic nitrogens is 1. The molecule has 0 saturated heterocycles. The van der Waals surface area contributed by atoms with Crippen LogP contribution < -0.4 is 5.56 Å². The molecule has 84 valence electrons. The van der Waals surface area contributed by atoms with E-state index in [4.69, 9.17) is 0 Å². The van der Waals surface area contributed by atoms with Gasteiger partial charge in [0, 0.05) is 11.5 Å². The fraction of sp³-hybridized carbons (Fsp3) is 0.308. The van der Waals surface area contributed by atoms with E-state index in [1.807, 2.05) is 18.2 Å². The van der Waals surface area contributed by atoms with Crippen LogP contribution in [0.25, 0.3) is 10.9 Å². The molecule has 0 atom stereocenters. The van der Waals surface area contributed by atoms with E-state index in [1.54, 1.807) is 0 Å². The summed E-state index contributed by atoms with van der Waals surface area (Å²) in [4.78, 5) is 13.8. The van der Waals surface area contributed by atoms with Crippen molar-refractivity contribution in [1.29, 1.82) is 0 Å². The lowest BCUT2D eigenvalue weighted by Gasteiger charge is -2.04. The zero-order chi connectivity index (χ0) is 11.5. The Morgan fingerprint density at radius 3 is 2.88 bits per heavy atom. The van der Waals surface area contributed by atoms with Crippen molar-refractivity contribution in [3.8, 4) is 5.75 Å². The molecule has 1 heterocycles. The van der Waals surface area contributed by atoms with Crippen LogP contribution in [0.4, 0.5) is 0 Å². The molecule has 3 heteroatoms. The Labute approximate surface area is 93.7 Å². The molecule has 16 heavy (non-hydrogen) atoms. The Hall–Kier alpha value is -1.77. The quantitative estimate of drug-likeness (QED) is 0.830. The number of nitrogens with one attached hydrogen (secondary N) is 1. The normalized spacial score (nSPS) is 10.8. The number of H-pyrrole nitrogens is 1. The number of aromatic amines is 1. The van der Waals surface area contributed by atoms with Gasteiger partial charge in [-0.2, -0.15) is 0 Å². The van der Waals surface area contributed by atoms with Crippen molar-refractivity contribution in [3.63, 3.8) is 0 Å². The maximum absolute atomic E-state index is 11.1. The SMILES string of the molecule is CCCCc1ccc2[nH]c(=O)cc(O)c2c1. The van der Waals surface area contributed by atoms with Crippen molar-refractivity contribution < 1.29 is 5.11 Å². The molecule has 0 aliphatic heterocycles. The summed E-state index contributed by atoms with van der Waals surface area (Å²) < 4.78 is 0. The molecule has 0 spiro atoms. The van der Waals surface area contributed by atoms with Crippen LogP contribution >= 0.6 is 0 Å². The summed E-state index contributed by atoms with van der Waals surface area (Å²) in [5.74, 6) is 0.0529. The van der Waals surface area contributed by atoms with Gasteiger partial charge in [0.25, 0.3) is 5.56 Å². The number of fused-ring (bicyclic) bond motifs is 1. The minimum Gasteiger partial charge on any atom is -0.507 e. The maximum Gasteiger partial charge on any atom is 0.252 e. The molecule has 0 unspecified atom stereocenters. The number of aryl methyl sites for hydroxylation is 1. The standard InChI is InChI=1S/C13H15NO2/c1-2-3-4-9-5-6-11-10(7-9)12(15)8-13(16)14-11/h5-8H,2-4H2,1H3,(H2,14,15,16). The Kier molecular flexibility index (Phi) is 2.95. The number of rotatable bonds is 3. The van der Waals surface area contributed by atoms with E-state index in [1.165, 1.54) is 11.6 Å². The molecule has 0 fully saturated rings. The first-order valence-corrected chi connectivity index (χ1v) is 5.55. The van der Waals surface area contributed by atoms with Crippen molar-refractivity contribution in [2.45, 2.75) is 26.2 Å². The fourth-order valence-corrected chi connectivity index (χ4v) is 1.82. The van der Waals surface area contributed by atoms with E-state index >= 15 is 0 Å². The summed E-state index contributed by atoms with van der Waals surface area (Å²) >= 11 is 0. The third-order valence-electron chi connectivity index (χ3n) is 2.70. The second kappa shape index (κ2) is 4.39. The number of benzene rings is 1. The average molecular weight is 217 g/mol. The van der Waals surface area contributed by atoms with E-state index in [9.17, 15) is 9.90 Å². The first-order valence-electron chi connectivity index (χ1n) is 5.55. The van der Waals surface area contributed by atoms with E-state index in [2.05, 4.69) is 11.9 Å². The molecule has 0 aliphatic rings. The average Bonchev–Trinajstić information content (AvgIpc) is 2.26. The van der Waals surface area contributed by atoms with Crippen molar-refractivity contribution in [3.05, 3.63) is 40.2 Å². The van der Waals surface area contributed by atoms with E-state index in [-0.39, 0.29) is 11.3 Å². The summed E-state index contributed by atoms with van der Waals surface area (Å²) in [6.45, 7) is 2.15. The van der Waals surface area contributed by atoms with Crippen molar-refractivity contribution in [2.24, 2.45) is 0 Å². The van der Waals surface area contributed by atoms with Gasteiger partial charge in [-0.15, -0.1) is 0 Å². The second-order valence-corrected chi connectivity index (χ2v) is 4.00. The van der Waals surface area contributed by atoms with Gasteiger partial charge < -0.3 is 10.1 Å². The van der Waals surface area contributed by atoms with Crippen LogP contribution in [-0.4, -0.2) is 10.1 Å². The molecule has 0 aliphatic carbocycles. The molecule has 2 N–H and O–H groups in total. The predicted octanol–water partition coefficient (Wildman–Crippen LogP) is 2.58. The van der Waals surface area contributed by atoms with E-state index < -0.39 is 0 Å². The maximum atomic E-state index is 11.1. The number of aromatic hydroxyl groups is 1. The minimum atomic E-state index is -0.272. The summed E-state index contributed by atoms with van der Waals surface area (Å²) in [5, 5.41) is 10.4. The highest BCUT2D eigenvalue weighted by Crippen LogP contribution is 2.22. The van der Waals surface area contributed by atoms with Crippen LogP contribution in [-0.2, 0) is 6.42 Å². The van der Waals surface area contributed by atoms with Crippen LogP contribution in [0, 0.1) is 0 Å². The lowest BCUT2D eigenvalue weighted by atomic mass is 10.1. The smallest absolute Gasteiger partial charge is 0.252 e. The topological polar surface area (TPSA) is 53.1 Å². The monoisotopic (exact) mass is 217 g/mol. The van der Waals surface area contributed by atoms with Crippen molar-refractivity contribution in [2.75, 3.05) is 0 Å². The van der Waals surface area contributed by atoms with Crippen LogP contribution in [0.5, 0.6) is 5.75 Å². The minimum absolute atomic E-state index is 0.0529. The first-order chi connectivity index (χ1) is 7.70. The molecule has 0 bridgehead atoms. The van der Waals surface area contributed by atoms with Gasteiger partial charge in [-0.3, -0.25) is 4.79 Å². The van der Waals surface area contributed by atoms with Gasteiger partial charge in [0.2, 0.25) is 0 Å². The highest BCUT2D eigenvalue weighted by Gasteiger charge is 2.02. The van der Waals surface area contributed by atoms with Crippen LogP contribution in [0.15, 0.2) is 29.1 Å². The molecule has 0 radical (unpaired) electrons. The lowest BCUT2D eigenvalue weighted by molar-refractivity contribution is 0.480. The number of pyridine rings is 1. The summed E-state index contributed by atoms with van der Waals surface area (Å²) in [6.07, 6.45) is 3.29. The molecule has 1 aromatic carbocycles. The van der Waals surface area contributed by atoms with Gasteiger partial charge in [0.15, 0.2) is 0 Å². The van der Waals surface area contributed by atoms with Gasteiger partial charge >= 0.3 is 0 Å². The van der Waals surface area contributed by atoms with Crippen molar-refractivity contribution in [1.82, 2.24) is 4.98 Å². The summed E-state index contributed by atoms with van der Waals surface area (Å²) in [7, 11) is 0. The molecule has 2 rings (SSSR count). The Morgan fingerprint density at radius 1 is 1.31 bits per heavy atom. The third kappa shape index (κ3) is 2.08. The molecule has 1 aromatic heterocycles. The number of hydrogen-bond donors (Lipinski definition) is 2. The van der Waals surface area contributed by atoms with E-state index in [0.717, 1.165) is 19.3 Å². The van der Waals surface area contributed by atoms with E-state index in [0.29, 0.717) is 10.9 Å². The largest absolute Gasteiger partial charge is 0.507 e. The Balaban J connectivity index is 2.49. The van der Waals surface area contributed by atoms with Gasteiger partial charge in [-0.05, 0) is 30.5 Å². The molecule has 0 amide bonds. The second-order valence-electron chi connectivity index (χ2n) is 4.00. The van der Waals surface area contributed by atoms with Gasteiger partial charge in [-0.25, -0.2) is 0 Å². The number of unbranched alkanes of at least 4 members (excludes halogenated alkanes) is 1. The highest BCUT2D eigenvalue weighted by atomic mass is 16.3. The molecular formula is C13H15NO2. The zero-order valence-electron chi connectivity index (χ0n) is 9.29. The zero-order valence-corrected chi connectivity index (χ0v) is 9.29. The Morgan fingerprint density at radius 2 is 2.12 bits per heavy atom. The predicted molar refractivity (Wildman–Crippen MR) is 64.8 cm³/mol. The lowest BCUT2D eigenvalue weighted by Crippen LogP contribution is -2.03. The first kappa shape index (κ1) is 10.7. The van der Waals surface area contributed by atoms with Gasteiger partial charge in [0.1, 0.15) is 5.75 Å². The van der Waals surface area contributed by atoms with Crippen molar-refractivity contribution >= 4 is 10.9 Å².